The molecular weight excluding hydrogens is 390 g/mol. The van der Waals surface area contributed by atoms with Crippen molar-refractivity contribution in [1.29, 1.82) is 10.5 Å². The zero-order valence-electron chi connectivity index (χ0n) is 17.4. The van der Waals surface area contributed by atoms with Crippen molar-refractivity contribution in [3.63, 3.8) is 0 Å². The van der Waals surface area contributed by atoms with Gasteiger partial charge in [-0.05, 0) is 43.5 Å². The molecule has 3 aromatic rings. The van der Waals surface area contributed by atoms with E-state index in [-0.39, 0.29) is 11.1 Å². The van der Waals surface area contributed by atoms with Crippen LogP contribution in [0.15, 0.2) is 47.3 Å². The van der Waals surface area contributed by atoms with Crippen molar-refractivity contribution in [2.75, 3.05) is 13.2 Å². The monoisotopic (exact) mass is 411 g/mol. The van der Waals surface area contributed by atoms with E-state index in [1.54, 1.807) is 16.7 Å². The number of rotatable bonds is 5. The summed E-state index contributed by atoms with van der Waals surface area (Å²) < 4.78 is 13.1. The van der Waals surface area contributed by atoms with Crippen LogP contribution in [-0.2, 0) is 13.0 Å². The van der Waals surface area contributed by atoms with Crippen LogP contribution in [0, 0.1) is 22.7 Å². The molecule has 4 rings (SSSR count). The number of hydrogen-bond donors (Lipinski definition) is 0. The first-order chi connectivity index (χ1) is 15.1. The number of fused-ring (bicyclic) bond motifs is 3. The van der Waals surface area contributed by atoms with Crippen molar-refractivity contribution in [2.45, 2.75) is 26.8 Å². The van der Waals surface area contributed by atoms with Gasteiger partial charge in [-0.25, -0.2) is 0 Å². The van der Waals surface area contributed by atoms with Gasteiger partial charge in [0.15, 0.2) is 11.5 Å². The van der Waals surface area contributed by atoms with Crippen LogP contribution in [0.5, 0.6) is 11.5 Å². The molecule has 2 aromatic carbocycles. The van der Waals surface area contributed by atoms with Gasteiger partial charge in [0.05, 0.1) is 24.5 Å². The lowest BCUT2D eigenvalue weighted by Gasteiger charge is -2.26. The van der Waals surface area contributed by atoms with E-state index in [4.69, 9.17) is 9.47 Å². The zero-order chi connectivity index (χ0) is 22.0. The molecule has 0 spiro atoms. The summed E-state index contributed by atoms with van der Waals surface area (Å²) in [5, 5.41) is 19.9. The Morgan fingerprint density at radius 2 is 1.61 bits per heavy atom. The van der Waals surface area contributed by atoms with E-state index >= 15 is 0 Å². The Morgan fingerprint density at radius 3 is 2.23 bits per heavy atom. The highest BCUT2D eigenvalue weighted by molar-refractivity contribution is 5.85. The van der Waals surface area contributed by atoms with E-state index in [0.717, 1.165) is 11.1 Å². The molecule has 0 saturated heterocycles. The quantitative estimate of drug-likeness (QED) is 0.625. The number of ether oxygens (including phenoxy) is 2. The van der Waals surface area contributed by atoms with Gasteiger partial charge in [-0.15, -0.1) is 0 Å². The number of nitrogens with zero attached hydrogens (tertiary/aromatic N) is 3. The van der Waals surface area contributed by atoms with Gasteiger partial charge in [0.1, 0.15) is 17.7 Å². The average Bonchev–Trinajstić information content (AvgIpc) is 2.80. The van der Waals surface area contributed by atoms with E-state index in [1.165, 1.54) is 0 Å². The molecule has 1 aromatic heterocycles. The third-order valence-corrected chi connectivity index (χ3v) is 5.38. The lowest BCUT2D eigenvalue weighted by atomic mass is 9.88. The topological polar surface area (TPSA) is 88.0 Å². The van der Waals surface area contributed by atoms with Gasteiger partial charge in [-0.3, -0.25) is 4.79 Å². The summed E-state index contributed by atoms with van der Waals surface area (Å²) in [5.41, 5.74) is 3.23. The van der Waals surface area contributed by atoms with Crippen LogP contribution in [0.3, 0.4) is 0 Å². The van der Waals surface area contributed by atoms with E-state index in [1.807, 2.05) is 50.2 Å². The Labute approximate surface area is 180 Å². The molecule has 31 heavy (non-hydrogen) atoms. The van der Waals surface area contributed by atoms with Crippen LogP contribution in [0.25, 0.3) is 22.4 Å². The molecule has 0 bridgehead atoms. The van der Waals surface area contributed by atoms with E-state index in [2.05, 4.69) is 6.07 Å². The Bertz CT molecular complexity index is 1300. The lowest BCUT2D eigenvalue weighted by molar-refractivity contribution is 0.287. The highest BCUT2D eigenvalue weighted by Crippen LogP contribution is 2.42. The van der Waals surface area contributed by atoms with Crippen LogP contribution < -0.4 is 15.0 Å². The first-order valence-electron chi connectivity index (χ1n) is 10.2. The number of hydrogen-bond acceptors (Lipinski definition) is 5. The maximum absolute atomic E-state index is 13.3. The fourth-order valence-corrected chi connectivity index (χ4v) is 4.12. The van der Waals surface area contributed by atoms with E-state index < -0.39 is 0 Å². The minimum atomic E-state index is -0.382. The molecular formula is C25H21N3O3. The molecule has 0 radical (unpaired) electrons. The summed E-state index contributed by atoms with van der Waals surface area (Å²) in [6, 6.07) is 17.2. The zero-order valence-corrected chi connectivity index (χ0v) is 17.4. The van der Waals surface area contributed by atoms with Gasteiger partial charge in [-0.1, -0.05) is 30.3 Å². The van der Waals surface area contributed by atoms with Crippen LogP contribution in [-0.4, -0.2) is 17.8 Å². The van der Waals surface area contributed by atoms with Crippen LogP contribution in [0.4, 0.5) is 0 Å². The SMILES string of the molecule is CCOc1cc2c(cc1OCC)-c1c(C#N)c(-c3ccccc3)c(C#N)c(=O)n1CC2. The number of benzene rings is 2. The second-order valence-electron chi connectivity index (χ2n) is 7.09. The summed E-state index contributed by atoms with van der Waals surface area (Å²) >= 11 is 0. The van der Waals surface area contributed by atoms with Crippen LogP contribution in [0.2, 0.25) is 0 Å². The molecule has 0 atom stereocenters. The van der Waals surface area contributed by atoms with Gasteiger partial charge >= 0.3 is 0 Å². The molecule has 0 N–H and O–H groups in total. The minimum absolute atomic E-state index is 0.00841. The second-order valence-corrected chi connectivity index (χ2v) is 7.09. The molecule has 6 heteroatoms. The molecule has 0 fully saturated rings. The van der Waals surface area contributed by atoms with Crippen molar-refractivity contribution in [3.8, 4) is 46.0 Å². The fraction of sp³-hybridized carbons (Fsp3) is 0.240. The molecule has 0 saturated carbocycles. The van der Waals surface area contributed by atoms with Crippen molar-refractivity contribution in [3.05, 3.63) is 69.5 Å². The van der Waals surface area contributed by atoms with Gasteiger partial charge in [0.2, 0.25) is 0 Å². The molecule has 1 aliphatic rings. The smallest absolute Gasteiger partial charge is 0.269 e. The average molecular weight is 411 g/mol. The first kappa shape index (κ1) is 20.3. The third kappa shape index (κ3) is 3.33. The van der Waals surface area contributed by atoms with Crippen molar-refractivity contribution < 1.29 is 9.47 Å². The maximum atomic E-state index is 13.3. The minimum Gasteiger partial charge on any atom is -0.490 e. The third-order valence-electron chi connectivity index (χ3n) is 5.38. The maximum Gasteiger partial charge on any atom is 0.269 e. The number of nitriles is 2. The van der Waals surface area contributed by atoms with Gasteiger partial charge in [-0.2, -0.15) is 10.5 Å². The normalized spacial score (nSPS) is 11.6. The summed E-state index contributed by atoms with van der Waals surface area (Å²) in [5.74, 6) is 1.22. The number of aryl methyl sites for hydroxylation is 1. The highest BCUT2D eigenvalue weighted by Gasteiger charge is 2.29. The van der Waals surface area contributed by atoms with Crippen LogP contribution >= 0.6 is 0 Å². The van der Waals surface area contributed by atoms with Crippen molar-refractivity contribution >= 4 is 0 Å². The molecule has 0 amide bonds. The fourth-order valence-electron chi connectivity index (χ4n) is 4.12. The second kappa shape index (κ2) is 8.38. The molecule has 154 valence electrons. The Hall–Kier alpha value is -4.03. The summed E-state index contributed by atoms with van der Waals surface area (Å²) in [7, 11) is 0. The standard InChI is InChI=1S/C25H21N3O3/c1-3-30-21-12-17-10-11-28-24(18(17)13-22(21)31-4-2)19(14-26)23(20(15-27)25(28)29)16-8-6-5-7-9-16/h5-9,12-13H,3-4,10-11H2,1-2H3. The van der Waals surface area contributed by atoms with Gasteiger partial charge in [0, 0.05) is 17.7 Å². The summed E-state index contributed by atoms with van der Waals surface area (Å²) in [6.07, 6.45) is 0.592. The molecule has 0 unspecified atom stereocenters. The summed E-state index contributed by atoms with van der Waals surface area (Å²) in [6.45, 7) is 5.15. The van der Waals surface area contributed by atoms with Crippen molar-refractivity contribution in [2.24, 2.45) is 0 Å². The number of aromatic nitrogens is 1. The molecule has 1 aliphatic heterocycles. The Morgan fingerprint density at radius 1 is 0.968 bits per heavy atom. The molecule has 2 heterocycles. The summed E-state index contributed by atoms with van der Waals surface area (Å²) in [4.78, 5) is 13.3. The number of pyridine rings is 1. The Balaban J connectivity index is 2.09. The molecule has 6 nitrogen and oxygen atoms in total. The predicted octanol–water partition coefficient (Wildman–Crippen LogP) is 4.28. The molecule has 0 aliphatic carbocycles. The Kier molecular flexibility index (Phi) is 5.47. The first-order valence-corrected chi connectivity index (χ1v) is 10.2. The van der Waals surface area contributed by atoms with E-state index in [0.29, 0.717) is 60.1 Å². The van der Waals surface area contributed by atoms with Gasteiger partial charge in [0.25, 0.3) is 5.56 Å². The van der Waals surface area contributed by atoms with Gasteiger partial charge < -0.3 is 14.0 Å². The highest BCUT2D eigenvalue weighted by atomic mass is 16.5. The van der Waals surface area contributed by atoms with E-state index in [9.17, 15) is 15.3 Å². The lowest BCUT2D eigenvalue weighted by Crippen LogP contribution is -2.30. The van der Waals surface area contributed by atoms with Crippen LogP contribution in [0.1, 0.15) is 30.5 Å². The predicted molar refractivity (Wildman–Crippen MR) is 117 cm³/mol. The largest absolute Gasteiger partial charge is 0.490 e. The van der Waals surface area contributed by atoms with Crippen molar-refractivity contribution in [1.82, 2.24) is 4.57 Å².